The highest BCUT2D eigenvalue weighted by Gasteiger charge is 2.41. The Kier molecular flexibility index (Phi) is 5.47. The summed E-state index contributed by atoms with van der Waals surface area (Å²) in [6.45, 7) is 2.30. The SMILES string of the molecule is CC(CN)(NC(=O)c1ccc(-c2ccccc2)[nH]c1=O)C1CC1.Cl. The van der Waals surface area contributed by atoms with Crippen LogP contribution in [0, 0.1) is 5.92 Å². The number of H-pyrrole nitrogens is 1. The Labute approximate surface area is 147 Å². The lowest BCUT2D eigenvalue weighted by atomic mass is 9.95. The Morgan fingerprint density at radius 2 is 1.92 bits per heavy atom. The molecule has 1 fully saturated rings. The van der Waals surface area contributed by atoms with Crippen LogP contribution in [-0.4, -0.2) is 23.0 Å². The van der Waals surface area contributed by atoms with Crippen LogP contribution in [0.2, 0.25) is 0 Å². The highest BCUT2D eigenvalue weighted by Crippen LogP contribution is 2.39. The van der Waals surface area contributed by atoms with E-state index in [0.29, 0.717) is 18.2 Å². The zero-order valence-corrected chi connectivity index (χ0v) is 14.4. The number of carbonyl (C=O) groups excluding carboxylic acids is 1. The molecule has 24 heavy (non-hydrogen) atoms. The van der Waals surface area contributed by atoms with Crippen LogP contribution in [0.5, 0.6) is 0 Å². The molecule has 0 saturated heterocycles. The van der Waals surface area contributed by atoms with Crippen LogP contribution < -0.4 is 16.6 Å². The van der Waals surface area contributed by atoms with Crippen LogP contribution in [0.15, 0.2) is 47.3 Å². The maximum atomic E-state index is 12.4. The lowest BCUT2D eigenvalue weighted by Crippen LogP contribution is -2.53. The van der Waals surface area contributed by atoms with Crippen LogP contribution in [0.25, 0.3) is 11.3 Å². The van der Waals surface area contributed by atoms with Gasteiger partial charge in [0.15, 0.2) is 0 Å². The number of hydrogen-bond acceptors (Lipinski definition) is 3. The summed E-state index contributed by atoms with van der Waals surface area (Å²) < 4.78 is 0. The molecule has 1 aromatic carbocycles. The van der Waals surface area contributed by atoms with Crippen LogP contribution in [0.1, 0.15) is 30.1 Å². The maximum Gasteiger partial charge on any atom is 0.261 e. The zero-order valence-electron chi connectivity index (χ0n) is 13.5. The minimum atomic E-state index is -0.443. The molecule has 2 aromatic rings. The van der Waals surface area contributed by atoms with E-state index in [4.69, 9.17) is 5.73 Å². The monoisotopic (exact) mass is 347 g/mol. The van der Waals surface area contributed by atoms with Crippen molar-refractivity contribution >= 4 is 18.3 Å². The van der Waals surface area contributed by atoms with Gasteiger partial charge in [-0.3, -0.25) is 9.59 Å². The molecule has 0 radical (unpaired) electrons. The second-order valence-corrected chi connectivity index (χ2v) is 6.33. The number of nitrogens with one attached hydrogen (secondary N) is 2. The van der Waals surface area contributed by atoms with Gasteiger partial charge in [0.25, 0.3) is 11.5 Å². The highest BCUT2D eigenvalue weighted by molar-refractivity contribution is 5.94. The summed E-state index contributed by atoms with van der Waals surface area (Å²) in [6.07, 6.45) is 2.13. The molecule has 0 spiro atoms. The van der Waals surface area contributed by atoms with E-state index in [-0.39, 0.29) is 29.4 Å². The zero-order chi connectivity index (χ0) is 16.4. The molecule has 5 nitrogen and oxygen atoms in total. The number of carbonyl (C=O) groups is 1. The van der Waals surface area contributed by atoms with E-state index < -0.39 is 5.54 Å². The first-order valence-corrected chi connectivity index (χ1v) is 7.85. The second kappa shape index (κ2) is 7.20. The van der Waals surface area contributed by atoms with Crippen molar-refractivity contribution in [2.75, 3.05) is 6.54 Å². The number of pyridine rings is 1. The summed E-state index contributed by atoms with van der Waals surface area (Å²) in [5.74, 6) is 0.0323. The molecule has 3 rings (SSSR count). The van der Waals surface area contributed by atoms with Gasteiger partial charge in [-0.1, -0.05) is 30.3 Å². The lowest BCUT2D eigenvalue weighted by Gasteiger charge is -2.29. The number of nitrogens with two attached hydrogens (primary N) is 1. The predicted molar refractivity (Wildman–Crippen MR) is 97.4 cm³/mol. The van der Waals surface area contributed by atoms with E-state index in [2.05, 4.69) is 10.3 Å². The first kappa shape index (κ1) is 18.2. The predicted octanol–water partition coefficient (Wildman–Crippen LogP) is 2.32. The van der Waals surface area contributed by atoms with Gasteiger partial charge in [0.1, 0.15) is 5.56 Å². The number of hydrogen-bond donors (Lipinski definition) is 3. The van der Waals surface area contributed by atoms with Gasteiger partial charge in [-0.25, -0.2) is 0 Å². The molecule has 128 valence electrons. The number of amides is 1. The van der Waals surface area contributed by atoms with Gasteiger partial charge in [-0.05, 0) is 43.4 Å². The van der Waals surface area contributed by atoms with Crippen LogP contribution in [0.4, 0.5) is 0 Å². The van der Waals surface area contributed by atoms with Gasteiger partial charge in [0, 0.05) is 12.2 Å². The molecular weight excluding hydrogens is 326 g/mol. The average Bonchev–Trinajstić information content (AvgIpc) is 3.40. The van der Waals surface area contributed by atoms with Gasteiger partial charge in [0.05, 0.1) is 5.54 Å². The minimum Gasteiger partial charge on any atom is -0.345 e. The molecule has 1 aliphatic carbocycles. The highest BCUT2D eigenvalue weighted by atomic mass is 35.5. The van der Waals surface area contributed by atoms with Crippen LogP contribution in [-0.2, 0) is 0 Å². The summed E-state index contributed by atoms with van der Waals surface area (Å²) in [5.41, 5.74) is 6.69. The van der Waals surface area contributed by atoms with Gasteiger partial charge >= 0.3 is 0 Å². The van der Waals surface area contributed by atoms with E-state index in [1.165, 1.54) is 0 Å². The molecule has 6 heteroatoms. The molecule has 1 heterocycles. The van der Waals surface area contributed by atoms with E-state index in [9.17, 15) is 9.59 Å². The normalized spacial score (nSPS) is 15.9. The van der Waals surface area contributed by atoms with Crippen molar-refractivity contribution in [3.63, 3.8) is 0 Å². The third-order valence-electron chi connectivity index (χ3n) is 4.54. The summed E-state index contributed by atoms with van der Waals surface area (Å²) in [6, 6.07) is 12.8. The molecule has 1 amide bonds. The van der Waals surface area contributed by atoms with Crippen LogP contribution >= 0.6 is 12.4 Å². The Morgan fingerprint density at radius 3 is 2.46 bits per heavy atom. The van der Waals surface area contributed by atoms with Gasteiger partial charge < -0.3 is 16.0 Å². The lowest BCUT2D eigenvalue weighted by molar-refractivity contribution is 0.0896. The molecule has 1 unspecified atom stereocenters. The summed E-state index contributed by atoms with van der Waals surface area (Å²) in [7, 11) is 0. The van der Waals surface area contributed by atoms with Crippen molar-refractivity contribution in [2.24, 2.45) is 11.7 Å². The molecule has 1 aliphatic rings. The summed E-state index contributed by atoms with van der Waals surface area (Å²) in [4.78, 5) is 27.5. The smallest absolute Gasteiger partial charge is 0.261 e. The molecule has 1 saturated carbocycles. The summed E-state index contributed by atoms with van der Waals surface area (Å²) in [5, 5.41) is 2.94. The first-order chi connectivity index (χ1) is 11.0. The Bertz CT molecular complexity index is 771. The fourth-order valence-electron chi connectivity index (χ4n) is 2.81. The van der Waals surface area contributed by atoms with Crippen molar-refractivity contribution < 1.29 is 4.79 Å². The first-order valence-electron chi connectivity index (χ1n) is 7.85. The number of halogens is 1. The Morgan fingerprint density at radius 1 is 1.25 bits per heavy atom. The van der Waals surface area contributed by atoms with E-state index >= 15 is 0 Å². The second-order valence-electron chi connectivity index (χ2n) is 6.33. The largest absolute Gasteiger partial charge is 0.345 e. The summed E-state index contributed by atoms with van der Waals surface area (Å²) >= 11 is 0. The molecule has 4 N–H and O–H groups in total. The van der Waals surface area contributed by atoms with E-state index in [0.717, 1.165) is 18.4 Å². The van der Waals surface area contributed by atoms with Crippen molar-refractivity contribution in [2.45, 2.75) is 25.3 Å². The number of aromatic amines is 1. The quantitative estimate of drug-likeness (QED) is 0.775. The van der Waals surface area contributed by atoms with Crippen molar-refractivity contribution in [3.05, 3.63) is 58.4 Å². The standard InChI is InChI=1S/C18H21N3O2.ClH/c1-18(11-19,13-7-8-13)21-17(23)14-9-10-15(20-16(14)22)12-5-3-2-4-6-12;/h2-6,9-10,13H,7-8,11,19H2,1H3,(H,20,22)(H,21,23);1H. The third kappa shape index (κ3) is 3.68. The van der Waals surface area contributed by atoms with E-state index in [1.54, 1.807) is 12.1 Å². The van der Waals surface area contributed by atoms with Gasteiger partial charge in [-0.2, -0.15) is 0 Å². The number of benzene rings is 1. The minimum absolute atomic E-state index is 0. The van der Waals surface area contributed by atoms with E-state index in [1.807, 2.05) is 37.3 Å². The topological polar surface area (TPSA) is 88.0 Å². The Hall–Kier alpha value is -2.11. The molecule has 0 aliphatic heterocycles. The Balaban J connectivity index is 0.00000208. The van der Waals surface area contributed by atoms with Crippen molar-refractivity contribution in [3.8, 4) is 11.3 Å². The molecule has 0 bridgehead atoms. The fourth-order valence-corrected chi connectivity index (χ4v) is 2.81. The molecule has 1 aromatic heterocycles. The van der Waals surface area contributed by atoms with Gasteiger partial charge in [-0.15, -0.1) is 12.4 Å². The van der Waals surface area contributed by atoms with Crippen LogP contribution in [0.3, 0.4) is 0 Å². The van der Waals surface area contributed by atoms with Crippen molar-refractivity contribution in [1.29, 1.82) is 0 Å². The van der Waals surface area contributed by atoms with Gasteiger partial charge in [0.2, 0.25) is 0 Å². The number of rotatable bonds is 5. The third-order valence-corrected chi connectivity index (χ3v) is 4.54. The molecule has 1 atom stereocenters. The fraction of sp³-hybridized carbons (Fsp3) is 0.333. The average molecular weight is 348 g/mol. The number of aromatic nitrogens is 1. The maximum absolute atomic E-state index is 12.4. The molecular formula is C18H22ClN3O2. The van der Waals surface area contributed by atoms with Crippen molar-refractivity contribution in [1.82, 2.24) is 10.3 Å².